The summed E-state index contributed by atoms with van der Waals surface area (Å²) in [6.45, 7) is 5.47. The van der Waals surface area contributed by atoms with Gasteiger partial charge in [0.15, 0.2) is 0 Å². The fraction of sp³-hybridized carbons (Fsp3) is 0.545. The highest BCUT2D eigenvalue weighted by Crippen LogP contribution is 2.22. The standard InChI is InChI=1S/C11H14Cl2N2/c1-8-4-5-15(6-8)7-9-2-3-10(12)14-11(9)13/h2-3,8H,4-7H2,1H3. The molecule has 0 aromatic carbocycles. The largest absolute Gasteiger partial charge is 0.299 e. The Labute approximate surface area is 100 Å². The van der Waals surface area contributed by atoms with Crippen molar-refractivity contribution in [2.75, 3.05) is 13.1 Å². The molecule has 2 heterocycles. The molecule has 0 aliphatic carbocycles. The molecule has 1 fully saturated rings. The van der Waals surface area contributed by atoms with Crippen molar-refractivity contribution in [3.05, 3.63) is 28.0 Å². The summed E-state index contributed by atoms with van der Waals surface area (Å²) < 4.78 is 0. The minimum absolute atomic E-state index is 0.457. The normalized spacial score (nSPS) is 22.2. The van der Waals surface area contributed by atoms with Gasteiger partial charge in [-0.1, -0.05) is 36.2 Å². The molecule has 1 aliphatic heterocycles. The molecule has 0 saturated carbocycles. The molecule has 0 spiro atoms. The fourth-order valence-electron chi connectivity index (χ4n) is 1.97. The molecule has 82 valence electrons. The van der Waals surface area contributed by atoms with Gasteiger partial charge in [0.2, 0.25) is 0 Å². The van der Waals surface area contributed by atoms with E-state index in [4.69, 9.17) is 23.2 Å². The number of halogens is 2. The van der Waals surface area contributed by atoms with E-state index in [1.807, 2.05) is 6.07 Å². The van der Waals surface area contributed by atoms with Crippen LogP contribution in [0, 0.1) is 5.92 Å². The van der Waals surface area contributed by atoms with Gasteiger partial charge in [0.25, 0.3) is 0 Å². The van der Waals surface area contributed by atoms with E-state index in [9.17, 15) is 0 Å². The van der Waals surface area contributed by atoms with E-state index < -0.39 is 0 Å². The van der Waals surface area contributed by atoms with Crippen LogP contribution in [-0.4, -0.2) is 23.0 Å². The van der Waals surface area contributed by atoms with Crippen molar-refractivity contribution in [3.8, 4) is 0 Å². The van der Waals surface area contributed by atoms with E-state index in [2.05, 4.69) is 16.8 Å². The second kappa shape index (κ2) is 4.69. The lowest BCUT2D eigenvalue weighted by molar-refractivity contribution is 0.320. The molecule has 2 nitrogen and oxygen atoms in total. The third kappa shape index (κ3) is 2.83. The maximum absolute atomic E-state index is 6.02. The first-order chi connectivity index (χ1) is 7.15. The minimum Gasteiger partial charge on any atom is -0.299 e. The number of rotatable bonds is 2. The maximum Gasteiger partial charge on any atom is 0.135 e. The van der Waals surface area contributed by atoms with Crippen LogP contribution in [0.3, 0.4) is 0 Å². The Kier molecular flexibility index (Phi) is 3.49. The molecular formula is C11H14Cl2N2. The highest BCUT2D eigenvalue weighted by Gasteiger charge is 2.19. The second-order valence-electron chi connectivity index (χ2n) is 4.21. The summed E-state index contributed by atoms with van der Waals surface area (Å²) >= 11 is 11.8. The lowest BCUT2D eigenvalue weighted by Gasteiger charge is -2.15. The van der Waals surface area contributed by atoms with Crippen LogP contribution in [0.4, 0.5) is 0 Å². The van der Waals surface area contributed by atoms with Gasteiger partial charge in [-0.15, -0.1) is 0 Å². The summed E-state index contributed by atoms with van der Waals surface area (Å²) in [7, 11) is 0. The van der Waals surface area contributed by atoms with Crippen molar-refractivity contribution in [2.24, 2.45) is 5.92 Å². The zero-order valence-corrected chi connectivity index (χ0v) is 10.2. The molecule has 1 aromatic heterocycles. The number of hydrogen-bond donors (Lipinski definition) is 0. The fourth-order valence-corrected chi connectivity index (χ4v) is 2.37. The molecule has 1 unspecified atom stereocenters. The lowest BCUT2D eigenvalue weighted by Crippen LogP contribution is -2.19. The molecule has 1 saturated heterocycles. The smallest absolute Gasteiger partial charge is 0.135 e. The molecule has 4 heteroatoms. The molecule has 0 N–H and O–H groups in total. The number of nitrogens with zero attached hydrogens (tertiary/aromatic N) is 2. The maximum atomic E-state index is 6.02. The molecular weight excluding hydrogens is 231 g/mol. The number of likely N-dealkylation sites (tertiary alicyclic amines) is 1. The average Bonchev–Trinajstić information content (AvgIpc) is 2.56. The molecule has 0 amide bonds. The second-order valence-corrected chi connectivity index (χ2v) is 4.96. The van der Waals surface area contributed by atoms with Crippen LogP contribution in [0.25, 0.3) is 0 Å². The van der Waals surface area contributed by atoms with Crippen LogP contribution in [0.15, 0.2) is 12.1 Å². The third-order valence-electron chi connectivity index (χ3n) is 2.79. The zero-order valence-electron chi connectivity index (χ0n) is 8.71. The van der Waals surface area contributed by atoms with E-state index in [0.717, 1.165) is 31.1 Å². The molecule has 15 heavy (non-hydrogen) atoms. The Balaban J connectivity index is 2.04. The summed E-state index contributed by atoms with van der Waals surface area (Å²) in [5.41, 5.74) is 1.06. The Morgan fingerprint density at radius 2 is 2.27 bits per heavy atom. The first-order valence-electron chi connectivity index (χ1n) is 5.18. The number of pyridine rings is 1. The van der Waals surface area contributed by atoms with Gasteiger partial charge in [0, 0.05) is 18.7 Å². The SMILES string of the molecule is CC1CCN(Cc2ccc(Cl)nc2Cl)C1. The third-order valence-corrected chi connectivity index (χ3v) is 3.33. The molecule has 1 aliphatic rings. The highest BCUT2D eigenvalue weighted by atomic mass is 35.5. The van der Waals surface area contributed by atoms with E-state index in [1.54, 1.807) is 6.07 Å². The van der Waals surface area contributed by atoms with Crippen LogP contribution in [0.5, 0.6) is 0 Å². The number of aromatic nitrogens is 1. The molecule has 1 atom stereocenters. The van der Waals surface area contributed by atoms with Crippen LogP contribution >= 0.6 is 23.2 Å². The van der Waals surface area contributed by atoms with Crippen molar-refractivity contribution < 1.29 is 0 Å². The molecule has 0 bridgehead atoms. The lowest BCUT2D eigenvalue weighted by atomic mass is 10.2. The van der Waals surface area contributed by atoms with Crippen LogP contribution in [0.2, 0.25) is 10.3 Å². The zero-order chi connectivity index (χ0) is 10.8. The van der Waals surface area contributed by atoms with Gasteiger partial charge in [-0.3, -0.25) is 4.90 Å². The highest BCUT2D eigenvalue weighted by molar-refractivity contribution is 6.32. The van der Waals surface area contributed by atoms with E-state index in [1.165, 1.54) is 6.42 Å². The van der Waals surface area contributed by atoms with Gasteiger partial charge in [0.05, 0.1) is 0 Å². The van der Waals surface area contributed by atoms with Crippen molar-refractivity contribution in [1.82, 2.24) is 9.88 Å². The predicted octanol–water partition coefficient (Wildman–Crippen LogP) is 3.23. The summed E-state index contributed by atoms with van der Waals surface area (Å²) in [6, 6.07) is 3.75. The van der Waals surface area contributed by atoms with Gasteiger partial charge in [-0.25, -0.2) is 4.98 Å². The number of hydrogen-bond acceptors (Lipinski definition) is 2. The van der Waals surface area contributed by atoms with Crippen LogP contribution in [-0.2, 0) is 6.54 Å². The van der Waals surface area contributed by atoms with Gasteiger partial charge in [-0.05, 0) is 24.9 Å². The van der Waals surface area contributed by atoms with Crippen molar-refractivity contribution in [1.29, 1.82) is 0 Å². The first kappa shape index (κ1) is 11.2. The first-order valence-corrected chi connectivity index (χ1v) is 5.94. The predicted molar refractivity (Wildman–Crippen MR) is 63.3 cm³/mol. The molecule has 2 rings (SSSR count). The van der Waals surface area contributed by atoms with Gasteiger partial charge in [0.1, 0.15) is 10.3 Å². The summed E-state index contributed by atoms with van der Waals surface area (Å²) in [4.78, 5) is 6.44. The van der Waals surface area contributed by atoms with E-state index >= 15 is 0 Å². The Bertz CT molecular complexity index is 354. The monoisotopic (exact) mass is 244 g/mol. The van der Waals surface area contributed by atoms with Crippen LogP contribution in [0.1, 0.15) is 18.9 Å². The average molecular weight is 245 g/mol. The van der Waals surface area contributed by atoms with E-state index in [0.29, 0.717) is 10.3 Å². The topological polar surface area (TPSA) is 16.1 Å². The Hall–Kier alpha value is -0.310. The molecule has 0 radical (unpaired) electrons. The summed E-state index contributed by atoms with van der Waals surface area (Å²) in [6.07, 6.45) is 1.28. The van der Waals surface area contributed by atoms with Gasteiger partial charge in [-0.2, -0.15) is 0 Å². The summed E-state index contributed by atoms with van der Waals surface area (Å²) in [5, 5.41) is 0.987. The quantitative estimate of drug-likeness (QED) is 0.743. The van der Waals surface area contributed by atoms with Crippen molar-refractivity contribution in [3.63, 3.8) is 0 Å². The Morgan fingerprint density at radius 1 is 1.47 bits per heavy atom. The molecule has 1 aromatic rings. The van der Waals surface area contributed by atoms with Crippen molar-refractivity contribution in [2.45, 2.75) is 19.9 Å². The summed E-state index contributed by atoms with van der Waals surface area (Å²) in [5.74, 6) is 0.795. The van der Waals surface area contributed by atoms with Gasteiger partial charge >= 0.3 is 0 Å². The van der Waals surface area contributed by atoms with Crippen LogP contribution < -0.4 is 0 Å². The Morgan fingerprint density at radius 3 is 2.87 bits per heavy atom. The van der Waals surface area contributed by atoms with E-state index in [-0.39, 0.29) is 0 Å². The minimum atomic E-state index is 0.457. The van der Waals surface area contributed by atoms with Crippen molar-refractivity contribution >= 4 is 23.2 Å². The van der Waals surface area contributed by atoms with Gasteiger partial charge < -0.3 is 0 Å².